The molecule has 0 unspecified atom stereocenters. The van der Waals surface area contributed by atoms with Crippen LogP contribution in [0.4, 0.5) is 0 Å². The van der Waals surface area contributed by atoms with E-state index in [-0.39, 0.29) is 11.9 Å². The molecule has 1 aromatic carbocycles. The van der Waals surface area contributed by atoms with Crippen molar-refractivity contribution in [3.8, 4) is 5.75 Å². The predicted molar refractivity (Wildman–Crippen MR) is 131 cm³/mol. The Morgan fingerprint density at radius 3 is 1.62 bits per heavy atom. The molecular formula is C26H45NO5. The quantitative estimate of drug-likeness (QED) is 0.176. The lowest BCUT2D eigenvalue weighted by Crippen LogP contribution is -2.09. The van der Waals surface area contributed by atoms with Gasteiger partial charge in [-0.2, -0.15) is 0 Å². The lowest BCUT2D eigenvalue weighted by Gasteiger charge is -2.03. The van der Waals surface area contributed by atoms with Crippen LogP contribution in [0.25, 0.3) is 0 Å². The Hall–Kier alpha value is -2.37. The minimum Gasteiger partial charge on any atom is -0.481 e. The zero-order valence-electron chi connectivity index (χ0n) is 20.4. The molecule has 1 amide bonds. The molecule has 0 saturated heterocycles. The van der Waals surface area contributed by atoms with Gasteiger partial charge in [-0.1, -0.05) is 90.3 Å². The highest BCUT2D eigenvalue weighted by molar-refractivity contribution is 5.73. The molecule has 0 aromatic heterocycles. The molecule has 0 fully saturated rings. The first-order chi connectivity index (χ1) is 15.4. The number of benzene rings is 1. The molecule has 6 nitrogen and oxygen atoms in total. The number of hydrogen-bond donors (Lipinski definition) is 2. The third kappa shape index (κ3) is 27.6. The number of nitrogens with two attached hydrogens (primary N) is 1. The largest absolute Gasteiger partial charge is 0.481 e. The molecule has 0 aliphatic heterocycles. The summed E-state index contributed by atoms with van der Waals surface area (Å²) in [5, 5.41) is 7.91. The fourth-order valence-electron chi connectivity index (χ4n) is 2.66. The normalized spacial score (nSPS) is 9.59. The van der Waals surface area contributed by atoms with Crippen molar-refractivity contribution in [1.29, 1.82) is 0 Å². The van der Waals surface area contributed by atoms with E-state index < -0.39 is 5.97 Å². The number of esters is 1. The van der Waals surface area contributed by atoms with Gasteiger partial charge in [0, 0.05) is 19.3 Å². The standard InChI is InChI=1S/C14H20O2.C8H17NO.C4H8O2/c1-2-3-4-5-9-12-14(15)16-13-10-7-6-8-11-13;1-2-3-4-5-6-7-8(9)10;1-2-3-4(5)6/h6-8,10-11H,2-5,9,12H2,1H3;2-7H2,1H3,(H2,9,10);2-3H2,1H3,(H,5,6). The van der Waals surface area contributed by atoms with Gasteiger partial charge in [0.25, 0.3) is 0 Å². The second kappa shape index (κ2) is 24.9. The van der Waals surface area contributed by atoms with E-state index in [1.807, 2.05) is 25.1 Å². The summed E-state index contributed by atoms with van der Waals surface area (Å²) < 4.78 is 5.18. The maximum absolute atomic E-state index is 11.4. The summed E-state index contributed by atoms with van der Waals surface area (Å²) in [5.41, 5.74) is 4.97. The smallest absolute Gasteiger partial charge is 0.311 e. The van der Waals surface area contributed by atoms with E-state index in [9.17, 15) is 14.4 Å². The summed E-state index contributed by atoms with van der Waals surface area (Å²) in [6.45, 7) is 6.20. The highest BCUT2D eigenvalue weighted by Gasteiger charge is 2.03. The molecule has 0 bridgehead atoms. The van der Waals surface area contributed by atoms with Crippen LogP contribution in [-0.4, -0.2) is 23.0 Å². The first kappa shape index (κ1) is 31.8. The van der Waals surface area contributed by atoms with Gasteiger partial charge in [0.15, 0.2) is 0 Å². The van der Waals surface area contributed by atoms with E-state index in [2.05, 4.69) is 13.8 Å². The van der Waals surface area contributed by atoms with E-state index in [0.717, 1.165) is 32.1 Å². The molecule has 0 heterocycles. The summed E-state index contributed by atoms with van der Waals surface area (Å²) >= 11 is 0. The number of rotatable bonds is 15. The minimum atomic E-state index is -0.711. The summed E-state index contributed by atoms with van der Waals surface area (Å²) in [4.78, 5) is 31.3. The van der Waals surface area contributed by atoms with Gasteiger partial charge < -0.3 is 15.6 Å². The minimum absolute atomic E-state index is 0.123. The van der Waals surface area contributed by atoms with Crippen LogP contribution in [0.5, 0.6) is 5.75 Å². The van der Waals surface area contributed by atoms with Crippen LogP contribution in [0.3, 0.4) is 0 Å². The van der Waals surface area contributed by atoms with Crippen molar-refractivity contribution < 1.29 is 24.2 Å². The average Bonchev–Trinajstić information content (AvgIpc) is 2.75. The molecule has 0 radical (unpaired) electrons. The lowest BCUT2D eigenvalue weighted by atomic mass is 10.1. The number of primary amides is 1. The van der Waals surface area contributed by atoms with Gasteiger partial charge in [0.2, 0.25) is 5.91 Å². The lowest BCUT2D eigenvalue weighted by molar-refractivity contribution is -0.137. The third-order valence-electron chi connectivity index (χ3n) is 4.45. The van der Waals surface area contributed by atoms with Gasteiger partial charge in [0.05, 0.1) is 0 Å². The molecule has 3 N–H and O–H groups in total. The molecule has 0 aliphatic rings. The van der Waals surface area contributed by atoms with Crippen LogP contribution in [0, 0.1) is 0 Å². The molecule has 6 heteroatoms. The average molecular weight is 452 g/mol. The molecular weight excluding hydrogens is 406 g/mol. The van der Waals surface area contributed by atoms with Crippen LogP contribution in [0.1, 0.15) is 111 Å². The van der Waals surface area contributed by atoms with Crippen molar-refractivity contribution >= 4 is 17.8 Å². The van der Waals surface area contributed by atoms with E-state index in [1.165, 1.54) is 38.5 Å². The van der Waals surface area contributed by atoms with E-state index >= 15 is 0 Å². The predicted octanol–water partition coefficient (Wildman–Crippen LogP) is 6.66. The van der Waals surface area contributed by atoms with E-state index in [4.69, 9.17) is 15.6 Å². The van der Waals surface area contributed by atoms with Crippen LogP contribution in [0.15, 0.2) is 30.3 Å². The van der Waals surface area contributed by atoms with Gasteiger partial charge in [-0.3, -0.25) is 14.4 Å². The van der Waals surface area contributed by atoms with Crippen LogP contribution in [0.2, 0.25) is 0 Å². The molecule has 1 rings (SSSR count). The van der Waals surface area contributed by atoms with E-state index in [0.29, 0.717) is 25.0 Å². The molecule has 1 aromatic rings. The van der Waals surface area contributed by atoms with Crippen LogP contribution in [-0.2, 0) is 14.4 Å². The number of carboxylic acids is 1. The van der Waals surface area contributed by atoms with Crippen LogP contribution >= 0.6 is 0 Å². The molecule has 0 saturated carbocycles. The molecule has 184 valence electrons. The number of carbonyl (C=O) groups is 3. The van der Waals surface area contributed by atoms with Crippen molar-refractivity contribution in [3.05, 3.63) is 30.3 Å². The monoisotopic (exact) mass is 451 g/mol. The van der Waals surface area contributed by atoms with Gasteiger partial charge >= 0.3 is 11.9 Å². The van der Waals surface area contributed by atoms with Gasteiger partial charge in [-0.15, -0.1) is 0 Å². The maximum atomic E-state index is 11.4. The Labute approximate surface area is 194 Å². The van der Waals surface area contributed by atoms with Crippen molar-refractivity contribution in [2.24, 2.45) is 5.73 Å². The molecule has 0 aliphatic carbocycles. The topological polar surface area (TPSA) is 107 Å². The number of carboxylic acid groups (broad SMARTS) is 1. The number of amides is 1. The third-order valence-corrected chi connectivity index (χ3v) is 4.45. The highest BCUT2D eigenvalue weighted by atomic mass is 16.5. The molecule has 32 heavy (non-hydrogen) atoms. The number of hydrogen-bond acceptors (Lipinski definition) is 4. The summed E-state index contributed by atoms with van der Waals surface area (Å²) in [6, 6.07) is 9.24. The van der Waals surface area contributed by atoms with E-state index in [1.54, 1.807) is 12.1 Å². The van der Waals surface area contributed by atoms with Gasteiger partial charge in [0.1, 0.15) is 5.75 Å². The SMILES string of the molecule is CCCC(=O)O.CCCCCCCC(=O)Oc1ccccc1.CCCCCCCC(N)=O. The Kier molecular flexibility index (Phi) is 24.8. The summed E-state index contributed by atoms with van der Waals surface area (Å²) in [5.74, 6) is -0.363. The number of unbranched alkanes of at least 4 members (excludes halogenated alkanes) is 8. The fraction of sp³-hybridized carbons (Fsp3) is 0.654. The van der Waals surface area contributed by atoms with Gasteiger partial charge in [-0.05, 0) is 31.4 Å². The Morgan fingerprint density at radius 2 is 1.22 bits per heavy atom. The summed E-state index contributed by atoms with van der Waals surface area (Å²) in [7, 11) is 0. The fourth-order valence-corrected chi connectivity index (χ4v) is 2.66. The second-order valence-corrected chi connectivity index (χ2v) is 7.73. The molecule has 0 atom stereocenters. The number of aliphatic carboxylic acids is 1. The van der Waals surface area contributed by atoms with Crippen molar-refractivity contribution in [1.82, 2.24) is 0 Å². The number of para-hydroxylation sites is 1. The van der Waals surface area contributed by atoms with Crippen molar-refractivity contribution in [2.75, 3.05) is 0 Å². The zero-order chi connectivity index (χ0) is 24.5. The van der Waals surface area contributed by atoms with Gasteiger partial charge in [-0.25, -0.2) is 0 Å². The Bertz CT molecular complexity index is 575. The van der Waals surface area contributed by atoms with Crippen LogP contribution < -0.4 is 10.5 Å². The first-order valence-corrected chi connectivity index (χ1v) is 12.1. The Balaban J connectivity index is 0. The Morgan fingerprint density at radius 1 is 0.719 bits per heavy atom. The zero-order valence-corrected chi connectivity index (χ0v) is 20.4. The van der Waals surface area contributed by atoms with Crippen molar-refractivity contribution in [3.63, 3.8) is 0 Å². The number of ether oxygens (including phenoxy) is 1. The van der Waals surface area contributed by atoms with Crippen molar-refractivity contribution in [2.45, 2.75) is 111 Å². The summed E-state index contributed by atoms with van der Waals surface area (Å²) in [6.07, 6.45) is 13.8. The first-order valence-electron chi connectivity index (χ1n) is 12.1. The number of carbonyl (C=O) groups excluding carboxylic acids is 2. The maximum Gasteiger partial charge on any atom is 0.311 e. The molecule has 0 spiro atoms. The second-order valence-electron chi connectivity index (χ2n) is 7.73. The highest BCUT2D eigenvalue weighted by Crippen LogP contribution is 2.11.